The molecule has 1 aliphatic carbocycles. The number of rotatable bonds is 15. The number of esters is 1. The second kappa shape index (κ2) is 18.6. The van der Waals surface area contributed by atoms with Crippen LogP contribution in [0.5, 0.6) is 0 Å². The lowest BCUT2D eigenvalue weighted by Crippen LogP contribution is -2.32. The molecule has 3 rings (SSSR count). The van der Waals surface area contributed by atoms with Gasteiger partial charge in [0.1, 0.15) is 0 Å². The van der Waals surface area contributed by atoms with E-state index in [0.717, 1.165) is 88.9 Å². The van der Waals surface area contributed by atoms with Crippen molar-refractivity contribution in [2.24, 2.45) is 17.8 Å². The second-order valence-electron chi connectivity index (χ2n) is 11.4. The van der Waals surface area contributed by atoms with Crippen molar-refractivity contribution in [2.45, 2.75) is 121 Å². The molecule has 2 saturated heterocycles. The molecular weight excluding hydrogens is 551 g/mol. The highest BCUT2D eigenvalue weighted by Crippen LogP contribution is 2.42. The van der Waals surface area contributed by atoms with E-state index in [1.54, 1.807) is 0 Å². The lowest BCUT2D eigenvalue weighted by atomic mass is 9.89. The first-order chi connectivity index (χ1) is 19.4. The Morgan fingerprint density at radius 2 is 1.80 bits per heavy atom. The number of carbonyl (C=O) groups excluding carboxylic acids is 1. The number of carbonyl (C=O) groups is 1. The van der Waals surface area contributed by atoms with Gasteiger partial charge in [-0.3, -0.25) is 4.79 Å². The fourth-order valence-corrected chi connectivity index (χ4v) is 6.26. The molecule has 6 nitrogen and oxygen atoms in total. The topological polar surface area (TPSA) is 63.2 Å². The van der Waals surface area contributed by atoms with E-state index >= 15 is 0 Å². The summed E-state index contributed by atoms with van der Waals surface area (Å²) in [6.07, 6.45) is 21.3. The quantitative estimate of drug-likeness (QED) is 0.0819. The fraction of sp³-hybridized carbons (Fsp3) is 0.781. The zero-order chi connectivity index (χ0) is 28.7. The summed E-state index contributed by atoms with van der Waals surface area (Å²) in [4.78, 5) is 11.4. The van der Waals surface area contributed by atoms with Crippen molar-refractivity contribution < 1.29 is 28.5 Å². The molecular formula is C32H50Cl2O6. The van der Waals surface area contributed by atoms with Gasteiger partial charge in [-0.25, -0.2) is 0 Å². The summed E-state index contributed by atoms with van der Waals surface area (Å²) in [5.74, 6) is 0.443. The molecule has 3 unspecified atom stereocenters. The number of unbranched alkanes of at least 4 members (excludes halogenated alkanes) is 1. The van der Waals surface area contributed by atoms with Crippen LogP contribution in [0.25, 0.3) is 0 Å². The van der Waals surface area contributed by atoms with Gasteiger partial charge in [0.2, 0.25) is 0 Å². The van der Waals surface area contributed by atoms with E-state index in [-0.39, 0.29) is 53.9 Å². The zero-order valence-electron chi connectivity index (χ0n) is 24.6. The van der Waals surface area contributed by atoms with E-state index in [1.165, 1.54) is 7.11 Å². The summed E-state index contributed by atoms with van der Waals surface area (Å²) < 4.78 is 29.7. The van der Waals surface area contributed by atoms with E-state index in [2.05, 4.69) is 37.3 Å². The Morgan fingerprint density at radius 3 is 2.45 bits per heavy atom. The van der Waals surface area contributed by atoms with Crippen LogP contribution in [0.2, 0.25) is 0 Å². The van der Waals surface area contributed by atoms with Crippen molar-refractivity contribution in [2.75, 3.05) is 20.3 Å². The summed E-state index contributed by atoms with van der Waals surface area (Å²) in [5.41, 5.74) is 0. The molecule has 0 aromatic carbocycles. The Balaban J connectivity index is 1.72. The number of alkyl halides is 1. The maximum Gasteiger partial charge on any atom is 0.305 e. The Kier molecular flexibility index (Phi) is 15.6. The summed E-state index contributed by atoms with van der Waals surface area (Å²) in [6.45, 7) is 5.61. The van der Waals surface area contributed by atoms with Gasteiger partial charge in [-0.15, -0.1) is 11.6 Å². The van der Waals surface area contributed by atoms with E-state index < -0.39 is 0 Å². The molecule has 2 aliphatic heterocycles. The predicted octanol–water partition coefficient (Wildman–Crippen LogP) is 8.07. The van der Waals surface area contributed by atoms with Crippen molar-refractivity contribution in [3.05, 3.63) is 35.4 Å². The fourth-order valence-electron chi connectivity index (χ4n) is 5.72. The van der Waals surface area contributed by atoms with Crippen LogP contribution in [0, 0.1) is 17.8 Å². The van der Waals surface area contributed by atoms with Crippen LogP contribution in [0.15, 0.2) is 35.4 Å². The first kappa shape index (κ1) is 33.6. The Bertz CT molecular complexity index is 814. The molecule has 0 amide bonds. The second-order valence-corrected chi connectivity index (χ2v) is 12.6. The van der Waals surface area contributed by atoms with E-state index in [9.17, 15) is 4.79 Å². The normalized spacial score (nSPS) is 31.6. The molecule has 3 fully saturated rings. The average molecular weight is 602 g/mol. The molecule has 3 aliphatic rings. The molecule has 8 heteroatoms. The van der Waals surface area contributed by atoms with Crippen LogP contribution in [0.1, 0.15) is 90.9 Å². The van der Waals surface area contributed by atoms with Crippen LogP contribution >= 0.6 is 23.2 Å². The van der Waals surface area contributed by atoms with Crippen LogP contribution in [0.4, 0.5) is 0 Å². The van der Waals surface area contributed by atoms with Crippen molar-refractivity contribution in [3.8, 4) is 0 Å². The van der Waals surface area contributed by atoms with Crippen molar-refractivity contribution >= 4 is 29.2 Å². The summed E-state index contributed by atoms with van der Waals surface area (Å²) >= 11 is 13.1. The largest absolute Gasteiger partial charge is 0.469 e. The Morgan fingerprint density at radius 1 is 1.07 bits per heavy atom. The van der Waals surface area contributed by atoms with E-state index in [1.807, 2.05) is 6.92 Å². The van der Waals surface area contributed by atoms with Crippen LogP contribution in [-0.2, 0) is 28.5 Å². The number of halogens is 2. The smallest absolute Gasteiger partial charge is 0.305 e. The molecule has 2 heterocycles. The molecule has 0 aromatic heterocycles. The highest BCUT2D eigenvalue weighted by molar-refractivity contribution is 6.29. The Labute approximate surface area is 251 Å². The molecule has 0 aromatic rings. The monoisotopic (exact) mass is 600 g/mol. The molecule has 228 valence electrons. The van der Waals surface area contributed by atoms with Gasteiger partial charge in [-0.2, -0.15) is 0 Å². The molecule has 0 bridgehead atoms. The zero-order valence-corrected chi connectivity index (χ0v) is 26.1. The van der Waals surface area contributed by atoms with E-state index in [4.69, 9.17) is 46.9 Å². The van der Waals surface area contributed by atoms with Gasteiger partial charge < -0.3 is 23.7 Å². The molecule has 8 atom stereocenters. The van der Waals surface area contributed by atoms with Crippen molar-refractivity contribution in [1.82, 2.24) is 0 Å². The third-order valence-corrected chi connectivity index (χ3v) is 8.82. The molecule has 0 spiro atoms. The van der Waals surface area contributed by atoms with Gasteiger partial charge in [0, 0.05) is 36.0 Å². The van der Waals surface area contributed by atoms with Crippen LogP contribution < -0.4 is 0 Å². The third kappa shape index (κ3) is 11.8. The first-order valence-electron chi connectivity index (χ1n) is 15.3. The van der Waals surface area contributed by atoms with Crippen molar-refractivity contribution in [1.29, 1.82) is 0 Å². The number of methoxy groups -OCH3 is 1. The first-order valence-corrected chi connectivity index (χ1v) is 16.1. The summed E-state index contributed by atoms with van der Waals surface area (Å²) in [6, 6.07) is 0. The lowest BCUT2D eigenvalue weighted by molar-refractivity contribution is -0.193. The SMILES string of the molecule is COC(=O)CCCC=CC[C@@H]1[C@@H](C=C[C@@H](OC2CCCCO2)C(C)CC=C(C)Cl)[C@H](OC2CCCCO2)C[C@H]1Cl. The van der Waals surface area contributed by atoms with Gasteiger partial charge in [0.25, 0.3) is 0 Å². The minimum Gasteiger partial charge on any atom is -0.469 e. The number of ether oxygens (including phenoxy) is 5. The molecule has 1 saturated carbocycles. The minimum atomic E-state index is -0.178. The van der Waals surface area contributed by atoms with E-state index in [0.29, 0.717) is 6.42 Å². The van der Waals surface area contributed by atoms with Gasteiger partial charge in [-0.05, 0) is 89.4 Å². The number of allylic oxidation sites excluding steroid dienone is 4. The molecule has 0 N–H and O–H groups in total. The molecule has 0 radical (unpaired) electrons. The number of hydrogen-bond acceptors (Lipinski definition) is 6. The van der Waals surface area contributed by atoms with Crippen LogP contribution in [0.3, 0.4) is 0 Å². The molecule has 40 heavy (non-hydrogen) atoms. The number of hydrogen-bond donors (Lipinski definition) is 0. The third-order valence-electron chi connectivity index (χ3n) is 8.17. The van der Waals surface area contributed by atoms with Crippen LogP contribution in [-0.4, -0.2) is 56.5 Å². The summed E-state index contributed by atoms with van der Waals surface area (Å²) in [5, 5.41) is 0.798. The maximum absolute atomic E-state index is 11.4. The van der Waals surface area contributed by atoms with Crippen molar-refractivity contribution in [3.63, 3.8) is 0 Å². The van der Waals surface area contributed by atoms with Gasteiger partial charge in [0.15, 0.2) is 12.6 Å². The minimum absolute atomic E-state index is 0.00302. The average Bonchev–Trinajstić information content (AvgIpc) is 3.25. The highest BCUT2D eigenvalue weighted by atomic mass is 35.5. The Hall–Kier alpha value is -0.890. The lowest BCUT2D eigenvalue weighted by Gasteiger charge is -2.31. The van der Waals surface area contributed by atoms with Gasteiger partial charge in [0.05, 0.1) is 19.3 Å². The summed E-state index contributed by atoms with van der Waals surface area (Å²) in [7, 11) is 1.43. The highest BCUT2D eigenvalue weighted by Gasteiger charge is 2.42. The predicted molar refractivity (Wildman–Crippen MR) is 160 cm³/mol. The van der Waals surface area contributed by atoms with Gasteiger partial charge >= 0.3 is 5.97 Å². The van der Waals surface area contributed by atoms with Gasteiger partial charge in [-0.1, -0.05) is 48.9 Å². The maximum atomic E-state index is 11.4. The standard InChI is InChI=1S/C32H50Cl2O6/c1-23(16-17-24(2)33)28(39-31-14-8-10-20-37-31)19-18-26-25(12-6-4-5-7-13-30(35)36-3)27(34)22-29(26)40-32-15-9-11-21-38-32/h4,6,17-19,23,25-29,31-32H,5,7-16,20-22H2,1-3H3/t23?,25-,26-,27-,28-,29-,31?,32?/m1/s1.